The minimum Gasteiger partial charge on any atom is -0.493 e. The Morgan fingerprint density at radius 3 is 2.17 bits per heavy atom. The summed E-state index contributed by atoms with van der Waals surface area (Å²) < 4.78 is 5.82. The largest absolute Gasteiger partial charge is 0.493 e. The minimum absolute atomic E-state index is 0.240. The van der Waals surface area contributed by atoms with Gasteiger partial charge in [0, 0.05) is 6.07 Å². The Hall–Kier alpha value is -0.980. The molecule has 1 radical (unpaired) electrons. The number of unbranched alkanes of at least 4 members (excludes halogenated alkanes) is 7. The molecule has 23 heavy (non-hydrogen) atoms. The first kappa shape index (κ1) is 20.1. The Bertz CT molecular complexity index is 391. The molecule has 0 saturated carbocycles. The lowest BCUT2D eigenvalue weighted by Gasteiger charge is -2.25. The van der Waals surface area contributed by atoms with Gasteiger partial charge in [-0.05, 0) is 36.0 Å². The van der Waals surface area contributed by atoms with Crippen molar-refractivity contribution < 1.29 is 4.74 Å². The summed E-state index contributed by atoms with van der Waals surface area (Å²) in [5.74, 6) is 0.895. The third-order valence-corrected chi connectivity index (χ3v) is 4.73. The van der Waals surface area contributed by atoms with E-state index in [0.717, 1.165) is 18.8 Å². The summed E-state index contributed by atoms with van der Waals surface area (Å²) in [5.41, 5.74) is 1.62. The van der Waals surface area contributed by atoms with E-state index in [-0.39, 0.29) is 5.41 Å². The lowest BCUT2D eigenvalue weighted by Crippen LogP contribution is -2.16. The lowest BCUT2D eigenvalue weighted by molar-refractivity contribution is 0.303. The van der Waals surface area contributed by atoms with E-state index >= 15 is 0 Å². The molecule has 131 valence electrons. The Kier molecular flexibility index (Phi) is 10.1. The SMILES string of the molecule is CCCCCCCCOc1[c]cc(C(C)(C)CCCCC)cc1. The molecule has 0 aromatic heterocycles. The molecule has 0 saturated heterocycles. The second-order valence-electron chi connectivity index (χ2n) is 7.40. The number of rotatable bonds is 13. The Morgan fingerprint density at radius 2 is 1.52 bits per heavy atom. The Balaban J connectivity index is 2.29. The highest BCUT2D eigenvalue weighted by molar-refractivity contribution is 5.30. The van der Waals surface area contributed by atoms with E-state index in [1.54, 1.807) is 0 Å². The molecule has 1 heteroatoms. The van der Waals surface area contributed by atoms with E-state index < -0.39 is 0 Å². The molecule has 0 unspecified atom stereocenters. The van der Waals surface area contributed by atoms with E-state index in [0.29, 0.717) is 0 Å². The van der Waals surface area contributed by atoms with Crippen molar-refractivity contribution in [1.29, 1.82) is 0 Å². The molecule has 1 nitrogen and oxygen atoms in total. The molecule has 0 heterocycles. The standard InChI is InChI=1S/C22H37O/c1-5-7-9-10-11-13-19-23-21-16-14-20(15-17-21)22(3,4)18-12-8-6-2/h14-16H,5-13,18-19H2,1-4H3. The molecule has 1 rings (SSSR count). The number of ether oxygens (including phenoxy) is 1. The molecule has 0 aliphatic carbocycles. The molecule has 0 spiro atoms. The zero-order valence-corrected chi connectivity index (χ0v) is 15.9. The summed E-state index contributed by atoms with van der Waals surface area (Å²) in [4.78, 5) is 0. The predicted molar refractivity (Wildman–Crippen MR) is 101 cm³/mol. The van der Waals surface area contributed by atoms with E-state index in [1.807, 2.05) is 0 Å². The quantitative estimate of drug-likeness (QED) is 0.353. The van der Waals surface area contributed by atoms with E-state index in [1.165, 1.54) is 63.4 Å². The van der Waals surface area contributed by atoms with Gasteiger partial charge in [0.15, 0.2) is 0 Å². The highest BCUT2D eigenvalue weighted by Crippen LogP contribution is 2.30. The van der Waals surface area contributed by atoms with Gasteiger partial charge >= 0.3 is 0 Å². The first-order valence-corrected chi connectivity index (χ1v) is 9.75. The molecule has 0 fully saturated rings. The first-order valence-electron chi connectivity index (χ1n) is 9.75. The average molecular weight is 318 g/mol. The highest BCUT2D eigenvalue weighted by atomic mass is 16.5. The van der Waals surface area contributed by atoms with Crippen LogP contribution in [0.1, 0.15) is 97.5 Å². The zero-order valence-electron chi connectivity index (χ0n) is 15.9. The number of hydrogen-bond donors (Lipinski definition) is 0. The van der Waals surface area contributed by atoms with Crippen molar-refractivity contribution in [2.75, 3.05) is 6.61 Å². The van der Waals surface area contributed by atoms with Crippen LogP contribution in [-0.4, -0.2) is 6.61 Å². The maximum Gasteiger partial charge on any atom is 0.127 e. The zero-order chi connectivity index (χ0) is 17.0. The fourth-order valence-corrected chi connectivity index (χ4v) is 2.95. The molecule has 0 aliphatic rings. The van der Waals surface area contributed by atoms with Crippen molar-refractivity contribution in [3.8, 4) is 5.75 Å². The molecule has 0 atom stereocenters. The fraction of sp³-hybridized carbons (Fsp3) is 0.727. The third-order valence-electron chi connectivity index (χ3n) is 4.73. The highest BCUT2D eigenvalue weighted by Gasteiger charge is 2.19. The van der Waals surface area contributed by atoms with Gasteiger partial charge in [0.1, 0.15) is 5.75 Å². The van der Waals surface area contributed by atoms with Gasteiger partial charge < -0.3 is 4.74 Å². The molecule has 1 aromatic carbocycles. The van der Waals surface area contributed by atoms with Crippen LogP contribution in [0, 0.1) is 6.07 Å². The molecule has 1 aromatic rings. The Labute approximate surface area is 144 Å². The van der Waals surface area contributed by atoms with E-state index in [4.69, 9.17) is 4.74 Å². The van der Waals surface area contributed by atoms with Crippen molar-refractivity contribution in [2.24, 2.45) is 0 Å². The predicted octanol–water partition coefficient (Wildman–Crippen LogP) is 7.08. The van der Waals surface area contributed by atoms with Crippen LogP contribution in [0.2, 0.25) is 0 Å². The van der Waals surface area contributed by atoms with Crippen LogP contribution in [0.4, 0.5) is 0 Å². The maximum atomic E-state index is 5.82. The van der Waals surface area contributed by atoms with Crippen LogP contribution in [0.15, 0.2) is 18.2 Å². The third kappa shape index (κ3) is 8.44. The van der Waals surface area contributed by atoms with Crippen LogP contribution < -0.4 is 4.74 Å². The van der Waals surface area contributed by atoms with E-state index in [2.05, 4.69) is 52.0 Å². The molecule has 0 amide bonds. The van der Waals surface area contributed by atoms with Gasteiger partial charge in [-0.2, -0.15) is 0 Å². The van der Waals surface area contributed by atoms with Gasteiger partial charge in [0.05, 0.1) is 6.61 Å². The van der Waals surface area contributed by atoms with Crippen molar-refractivity contribution in [2.45, 2.75) is 97.3 Å². The molecule has 0 bridgehead atoms. The summed E-state index contributed by atoms with van der Waals surface area (Å²) in [6, 6.07) is 9.76. The van der Waals surface area contributed by atoms with Crippen molar-refractivity contribution >= 4 is 0 Å². The normalized spacial score (nSPS) is 11.7. The summed E-state index contributed by atoms with van der Waals surface area (Å²) in [5, 5.41) is 0. The Morgan fingerprint density at radius 1 is 0.870 bits per heavy atom. The molecular weight excluding hydrogens is 280 g/mol. The van der Waals surface area contributed by atoms with Crippen molar-refractivity contribution in [3.63, 3.8) is 0 Å². The number of benzene rings is 1. The molecule has 0 N–H and O–H groups in total. The van der Waals surface area contributed by atoms with E-state index in [9.17, 15) is 0 Å². The minimum atomic E-state index is 0.240. The lowest BCUT2D eigenvalue weighted by atomic mass is 9.80. The second kappa shape index (κ2) is 11.5. The van der Waals surface area contributed by atoms with Crippen molar-refractivity contribution in [3.05, 3.63) is 29.8 Å². The summed E-state index contributed by atoms with van der Waals surface area (Å²) in [7, 11) is 0. The van der Waals surface area contributed by atoms with Crippen LogP contribution in [0.5, 0.6) is 5.75 Å². The monoisotopic (exact) mass is 317 g/mol. The van der Waals surface area contributed by atoms with Gasteiger partial charge in [-0.1, -0.05) is 85.1 Å². The number of hydrogen-bond acceptors (Lipinski definition) is 1. The van der Waals surface area contributed by atoms with Gasteiger partial charge in [-0.3, -0.25) is 0 Å². The maximum absolute atomic E-state index is 5.82. The molecular formula is C22H37O. The van der Waals surface area contributed by atoms with Crippen LogP contribution in [-0.2, 0) is 5.41 Å². The summed E-state index contributed by atoms with van der Waals surface area (Å²) in [6.07, 6.45) is 13.0. The van der Waals surface area contributed by atoms with Crippen molar-refractivity contribution in [1.82, 2.24) is 0 Å². The van der Waals surface area contributed by atoms with Crippen LogP contribution in [0.25, 0.3) is 0 Å². The van der Waals surface area contributed by atoms with Gasteiger partial charge in [-0.15, -0.1) is 0 Å². The van der Waals surface area contributed by atoms with Gasteiger partial charge in [-0.25, -0.2) is 0 Å². The summed E-state index contributed by atoms with van der Waals surface area (Å²) >= 11 is 0. The second-order valence-corrected chi connectivity index (χ2v) is 7.40. The first-order chi connectivity index (χ1) is 11.1. The topological polar surface area (TPSA) is 9.23 Å². The smallest absolute Gasteiger partial charge is 0.127 e. The van der Waals surface area contributed by atoms with Gasteiger partial charge in [0.2, 0.25) is 0 Å². The van der Waals surface area contributed by atoms with Gasteiger partial charge in [0.25, 0.3) is 0 Å². The summed E-state index contributed by atoms with van der Waals surface area (Å²) in [6.45, 7) is 10.0. The van der Waals surface area contributed by atoms with Crippen LogP contribution >= 0.6 is 0 Å². The van der Waals surface area contributed by atoms with Crippen LogP contribution in [0.3, 0.4) is 0 Å². The fourth-order valence-electron chi connectivity index (χ4n) is 2.95. The molecule has 0 aliphatic heterocycles. The average Bonchev–Trinajstić information content (AvgIpc) is 2.54.